The first-order valence-electron chi connectivity index (χ1n) is 12.7. The second-order valence-electron chi connectivity index (χ2n) is 9.70. The number of aliphatic hydroxyl groups is 1. The molecule has 1 heterocycles. The first-order valence-corrected chi connectivity index (χ1v) is 14.1. The zero-order valence-corrected chi connectivity index (χ0v) is 23.4. The summed E-state index contributed by atoms with van der Waals surface area (Å²) < 4.78 is 40.5. The fourth-order valence-electron chi connectivity index (χ4n) is 3.99. The number of benzene rings is 2. The topological polar surface area (TPSA) is 109 Å². The maximum absolute atomic E-state index is 13.5. The Balaban J connectivity index is 1.78. The number of alkyl carbamates (subject to hydrolysis) is 1. The summed E-state index contributed by atoms with van der Waals surface area (Å²) in [5.74, 6) is 0.537. The molecule has 0 spiro atoms. The minimum absolute atomic E-state index is 0.00130. The van der Waals surface area contributed by atoms with E-state index in [1.165, 1.54) is 23.5 Å². The van der Waals surface area contributed by atoms with E-state index < -0.39 is 28.3 Å². The van der Waals surface area contributed by atoms with Gasteiger partial charge in [-0.3, -0.25) is 0 Å². The van der Waals surface area contributed by atoms with Crippen molar-refractivity contribution in [3.8, 4) is 5.75 Å². The highest BCUT2D eigenvalue weighted by Gasteiger charge is 2.31. The number of aliphatic hydroxyl groups excluding tert-OH is 1. The van der Waals surface area contributed by atoms with Crippen LogP contribution < -0.4 is 14.6 Å². The lowest BCUT2D eigenvalue weighted by atomic mass is 10.0. The van der Waals surface area contributed by atoms with Crippen molar-refractivity contribution in [3.05, 3.63) is 97.3 Å². The molecule has 1 unspecified atom stereocenters. The Morgan fingerprint density at radius 2 is 1.64 bits per heavy atom. The van der Waals surface area contributed by atoms with Gasteiger partial charge >= 0.3 is 6.09 Å². The van der Waals surface area contributed by atoms with Crippen LogP contribution in [0.25, 0.3) is 0 Å². The molecule has 0 fully saturated rings. The van der Waals surface area contributed by atoms with Crippen molar-refractivity contribution in [3.63, 3.8) is 0 Å². The zero-order chi connectivity index (χ0) is 28.4. The summed E-state index contributed by atoms with van der Waals surface area (Å²) in [6, 6.07) is 18.2. The number of hydrogen-bond acceptors (Lipinski definition) is 6. The molecule has 2 aromatic carbocycles. The summed E-state index contributed by atoms with van der Waals surface area (Å²) in [7, 11) is 1.33. The number of ether oxygens (including phenoxy) is 2. The molecular weight excluding hydrogens is 518 g/mol. The Morgan fingerprint density at radius 3 is 2.23 bits per heavy atom. The molecule has 9 nitrogen and oxygen atoms in total. The first kappa shape index (κ1) is 29.9. The monoisotopic (exact) mass is 555 g/mol. The highest BCUT2D eigenvalue weighted by atomic mass is 32.2. The van der Waals surface area contributed by atoms with E-state index in [-0.39, 0.29) is 36.9 Å². The zero-order valence-electron chi connectivity index (χ0n) is 22.6. The number of hydrogen-bond donors (Lipinski definition) is 2. The van der Waals surface area contributed by atoms with Gasteiger partial charge in [0.25, 0.3) is 0 Å². The molecule has 39 heavy (non-hydrogen) atoms. The van der Waals surface area contributed by atoms with Crippen LogP contribution in [0.5, 0.6) is 5.75 Å². The minimum atomic E-state index is -3.93. The molecule has 0 aliphatic carbocycles. The highest BCUT2D eigenvalue weighted by Crippen LogP contribution is 2.21. The van der Waals surface area contributed by atoms with Crippen molar-refractivity contribution in [2.75, 3.05) is 20.2 Å². The summed E-state index contributed by atoms with van der Waals surface area (Å²) in [6.07, 6.45) is 1.83. The van der Waals surface area contributed by atoms with E-state index in [4.69, 9.17) is 9.47 Å². The molecule has 1 aromatic heterocycles. The fraction of sp³-hybridized carbons (Fsp3) is 0.345. The lowest BCUT2D eigenvalue weighted by Crippen LogP contribution is -2.51. The van der Waals surface area contributed by atoms with Crippen molar-refractivity contribution >= 4 is 16.1 Å². The minimum Gasteiger partial charge on any atom is -0.497 e. The van der Waals surface area contributed by atoms with Crippen LogP contribution in [0.1, 0.15) is 25.0 Å². The molecule has 2 atom stereocenters. The average molecular weight is 556 g/mol. The van der Waals surface area contributed by atoms with E-state index in [2.05, 4.69) is 12.4 Å². The van der Waals surface area contributed by atoms with Crippen LogP contribution in [0.3, 0.4) is 0 Å². The van der Waals surface area contributed by atoms with Gasteiger partial charge in [-0.05, 0) is 59.9 Å². The van der Waals surface area contributed by atoms with Gasteiger partial charge in [0.15, 0.2) is 0 Å². The van der Waals surface area contributed by atoms with Gasteiger partial charge in [-0.25, -0.2) is 13.2 Å². The van der Waals surface area contributed by atoms with Crippen LogP contribution in [0, 0.1) is 13.0 Å². The third-order valence-electron chi connectivity index (χ3n) is 6.05. The fourth-order valence-corrected chi connectivity index (χ4v) is 5.61. The summed E-state index contributed by atoms with van der Waals surface area (Å²) in [5, 5.41) is 14.0. The van der Waals surface area contributed by atoms with Crippen LogP contribution in [0.15, 0.2) is 84.0 Å². The van der Waals surface area contributed by atoms with E-state index in [1.807, 2.05) is 44.2 Å². The van der Waals surface area contributed by atoms with Crippen LogP contribution in [-0.2, 0) is 27.8 Å². The number of sulfonamides is 1. The molecule has 0 aliphatic rings. The Labute approximate surface area is 231 Å². The highest BCUT2D eigenvalue weighted by molar-refractivity contribution is 7.89. The predicted octanol–water partition coefficient (Wildman–Crippen LogP) is 3.17. The number of pyridine rings is 1. The van der Waals surface area contributed by atoms with Gasteiger partial charge in [-0.2, -0.15) is 4.31 Å². The second-order valence-corrected chi connectivity index (χ2v) is 11.6. The van der Waals surface area contributed by atoms with Gasteiger partial charge in [0.2, 0.25) is 10.0 Å². The van der Waals surface area contributed by atoms with E-state index >= 15 is 0 Å². The molecule has 0 saturated heterocycles. The molecule has 3 aromatic rings. The van der Waals surface area contributed by atoms with E-state index in [1.54, 1.807) is 41.2 Å². The Morgan fingerprint density at radius 1 is 1.00 bits per heavy atom. The van der Waals surface area contributed by atoms with Crippen LogP contribution in [-0.4, -0.2) is 56.3 Å². The molecule has 0 bridgehead atoms. The number of nitrogens with one attached hydrogen (secondary N) is 1. The molecule has 0 radical (unpaired) electrons. The van der Waals surface area contributed by atoms with E-state index in [0.717, 1.165) is 11.1 Å². The second kappa shape index (κ2) is 14.0. The van der Waals surface area contributed by atoms with Crippen molar-refractivity contribution in [1.29, 1.82) is 0 Å². The molecule has 10 heteroatoms. The first-order chi connectivity index (χ1) is 18.6. The van der Waals surface area contributed by atoms with Crippen LogP contribution in [0.4, 0.5) is 4.79 Å². The maximum atomic E-state index is 13.5. The van der Waals surface area contributed by atoms with Gasteiger partial charge in [-0.15, -0.1) is 0 Å². The molecular formula is C29H37N3O6S. The lowest BCUT2D eigenvalue weighted by Gasteiger charge is -2.30. The van der Waals surface area contributed by atoms with Gasteiger partial charge in [0, 0.05) is 20.1 Å². The lowest BCUT2D eigenvalue weighted by molar-refractivity contribution is -0.612. The summed E-state index contributed by atoms with van der Waals surface area (Å²) in [4.78, 5) is 12.8. The van der Waals surface area contributed by atoms with Gasteiger partial charge in [-0.1, -0.05) is 44.2 Å². The standard InChI is InChI=1S/C29H37N3O6S/c1-22(2)19-32(39(35,36)26-12-10-25(37-4)11-13-26)20-28(33)27(18-23-8-6-5-7-9-23)30-29(34)38-21-24-14-16-31(3)17-15-24/h5-17,22,27-28,33H,3,18-21H2,1-2,4H3,(H,30,34)/t27-,28?/m0/s1. The molecule has 0 aliphatic heterocycles. The van der Waals surface area contributed by atoms with E-state index in [0.29, 0.717) is 5.75 Å². The number of methoxy groups -OCH3 is 1. The van der Waals surface area contributed by atoms with Gasteiger partial charge < -0.3 is 24.5 Å². The van der Waals surface area contributed by atoms with Gasteiger partial charge in [0.1, 0.15) is 12.4 Å². The number of aromatic nitrogens is 1. The number of amides is 1. The third kappa shape index (κ3) is 8.98. The van der Waals surface area contributed by atoms with Crippen LogP contribution >= 0.6 is 0 Å². The molecule has 210 valence electrons. The number of carbonyl (C=O) groups excluding carboxylic acids is 1. The number of rotatable bonds is 13. The quantitative estimate of drug-likeness (QED) is 0.248. The van der Waals surface area contributed by atoms with Crippen molar-refractivity contribution in [1.82, 2.24) is 9.62 Å². The summed E-state index contributed by atoms with van der Waals surface area (Å²) >= 11 is 0. The van der Waals surface area contributed by atoms with Crippen molar-refractivity contribution < 1.29 is 32.4 Å². The SMILES string of the molecule is [CH2-][n+]1ccc(COC(=O)N[C@@H](Cc2ccccc2)C(O)CN(CC(C)C)S(=O)(=O)c2ccc(OC)cc2)cc1. The summed E-state index contributed by atoms with van der Waals surface area (Å²) in [5.41, 5.74) is 1.65. The summed E-state index contributed by atoms with van der Waals surface area (Å²) in [6.45, 7) is 3.81. The Hall–Kier alpha value is -3.60. The number of nitrogens with zero attached hydrogens (tertiary/aromatic N) is 2. The molecule has 3 rings (SSSR count). The molecule has 1 amide bonds. The number of carbonyl (C=O) groups is 1. The van der Waals surface area contributed by atoms with Gasteiger partial charge in [0.05, 0.1) is 36.5 Å². The largest absolute Gasteiger partial charge is 0.497 e. The molecule has 0 saturated carbocycles. The average Bonchev–Trinajstić information content (AvgIpc) is 2.92. The van der Waals surface area contributed by atoms with Crippen LogP contribution in [0.2, 0.25) is 0 Å². The maximum Gasteiger partial charge on any atom is 0.407 e. The van der Waals surface area contributed by atoms with E-state index in [9.17, 15) is 18.3 Å². The third-order valence-corrected chi connectivity index (χ3v) is 7.90. The predicted molar refractivity (Wildman–Crippen MR) is 147 cm³/mol. The Bertz CT molecular complexity index is 1280. The van der Waals surface area contributed by atoms with Crippen molar-refractivity contribution in [2.24, 2.45) is 5.92 Å². The Kier molecular flexibility index (Phi) is 10.7. The van der Waals surface area contributed by atoms with Crippen molar-refractivity contribution in [2.45, 2.75) is 43.9 Å². The smallest absolute Gasteiger partial charge is 0.407 e. The molecule has 2 N–H and O–H groups in total. The normalized spacial score (nSPS) is 13.2.